The van der Waals surface area contributed by atoms with Gasteiger partial charge in [0.15, 0.2) is 0 Å². The van der Waals surface area contributed by atoms with Gasteiger partial charge in [0.25, 0.3) is 0 Å². The standard InChI is InChI=1S/C30H24/c1-19-12-14-20(15-13-19)21-16-17-26-27(18-21)30(2,3)29-25-11-7-5-9-23(25)22-8-4-6-10-24(22)28(26)29/h4-18H,1-3H3. The zero-order valence-electron chi connectivity index (χ0n) is 17.7. The van der Waals surface area contributed by atoms with Gasteiger partial charge in [-0.2, -0.15) is 0 Å². The first-order valence-electron chi connectivity index (χ1n) is 10.7. The second-order valence-corrected chi connectivity index (χ2v) is 9.09. The van der Waals surface area contributed by atoms with Crippen LogP contribution < -0.4 is 0 Å². The highest BCUT2D eigenvalue weighted by atomic mass is 14.4. The summed E-state index contributed by atoms with van der Waals surface area (Å²) in [6, 6.07) is 33.7. The van der Waals surface area contributed by atoms with Crippen molar-refractivity contribution in [3.8, 4) is 22.3 Å². The van der Waals surface area contributed by atoms with E-state index in [2.05, 4.69) is 112 Å². The van der Waals surface area contributed by atoms with Gasteiger partial charge in [-0.1, -0.05) is 104 Å². The number of rotatable bonds is 1. The maximum Gasteiger partial charge on any atom is 0.0165 e. The van der Waals surface area contributed by atoms with Crippen LogP contribution >= 0.6 is 0 Å². The Morgan fingerprint density at radius 3 is 1.83 bits per heavy atom. The third-order valence-corrected chi connectivity index (χ3v) is 6.91. The van der Waals surface area contributed by atoms with Crippen LogP contribution in [0.1, 0.15) is 30.5 Å². The van der Waals surface area contributed by atoms with E-state index in [9.17, 15) is 0 Å². The van der Waals surface area contributed by atoms with Gasteiger partial charge in [0, 0.05) is 5.41 Å². The SMILES string of the molecule is Cc1ccc(-c2ccc3c(c2)C(C)(C)c2c-3c3ccccc3c3ccccc23)cc1. The van der Waals surface area contributed by atoms with Crippen molar-refractivity contribution in [2.45, 2.75) is 26.2 Å². The molecule has 0 heterocycles. The van der Waals surface area contributed by atoms with Gasteiger partial charge >= 0.3 is 0 Å². The molecule has 0 nitrogen and oxygen atoms in total. The molecule has 0 unspecified atom stereocenters. The lowest BCUT2D eigenvalue weighted by Gasteiger charge is -2.24. The topological polar surface area (TPSA) is 0 Å². The van der Waals surface area contributed by atoms with E-state index in [1.807, 2.05) is 0 Å². The van der Waals surface area contributed by atoms with Crippen LogP contribution in [0.15, 0.2) is 91.0 Å². The van der Waals surface area contributed by atoms with E-state index in [1.54, 1.807) is 0 Å². The summed E-state index contributed by atoms with van der Waals surface area (Å²) in [6.07, 6.45) is 0. The second-order valence-electron chi connectivity index (χ2n) is 9.09. The normalized spacial score (nSPS) is 14.1. The first-order chi connectivity index (χ1) is 14.6. The van der Waals surface area contributed by atoms with E-state index in [4.69, 9.17) is 0 Å². The summed E-state index contributed by atoms with van der Waals surface area (Å²) in [4.78, 5) is 0. The molecule has 0 aliphatic heterocycles. The zero-order valence-corrected chi connectivity index (χ0v) is 17.7. The molecule has 0 N–H and O–H groups in total. The zero-order chi connectivity index (χ0) is 20.5. The average Bonchev–Trinajstić information content (AvgIpc) is 3.02. The summed E-state index contributed by atoms with van der Waals surface area (Å²) < 4.78 is 0. The predicted octanol–water partition coefficient (Wildman–Crippen LogP) is 8.27. The quantitative estimate of drug-likeness (QED) is 0.255. The molecule has 0 atom stereocenters. The summed E-state index contributed by atoms with van der Waals surface area (Å²) in [7, 11) is 0. The lowest BCUT2D eigenvalue weighted by atomic mass is 9.79. The third kappa shape index (κ3) is 2.28. The number of benzene rings is 5. The molecule has 5 aromatic rings. The Balaban J connectivity index is 1.71. The van der Waals surface area contributed by atoms with Crippen LogP contribution in [0.2, 0.25) is 0 Å². The molecule has 1 aliphatic carbocycles. The smallest absolute Gasteiger partial charge is 0.0165 e. The number of hydrogen-bond acceptors (Lipinski definition) is 0. The van der Waals surface area contributed by atoms with E-state index in [0.29, 0.717) is 0 Å². The summed E-state index contributed by atoms with van der Waals surface area (Å²) in [6.45, 7) is 6.91. The molecule has 0 spiro atoms. The van der Waals surface area contributed by atoms with Gasteiger partial charge in [-0.15, -0.1) is 0 Å². The molecular weight excluding hydrogens is 360 g/mol. The fourth-order valence-electron chi connectivity index (χ4n) is 5.41. The minimum Gasteiger partial charge on any atom is -0.0616 e. The highest BCUT2D eigenvalue weighted by molar-refractivity contribution is 6.18. The fraction of sp³-hybridized carbons (Fsp3) is 0.133. The van der Waals surface area contributed by atoms with Crippen molar-refractivity contribution in [2.24, 2.45) is 0 Å². The highest BCUT2D eigenvalue weighted by Crippen LogP contribution is 2.55. The molecule has 1 aliphatic rings. The van der Waals surface area contributed by atoms with Crippen molar-refractivity contribution in [2.75, 3.05) is 0 Å². The van der Waals surface area contributed by atoms with Gasteiger partial charge in [-0.25, -0.2) is 0 Å². The number of hydrogen-bond donors (Lipinski definition) is 0. The Labute approximate surface area is 177 Å². The van der Waals surface area contributed by atoms with Gasteiger partial charge < -0.3 is 0 Å². The minimum atomic E-state index is -0.0466. The summed E-state index contributed by atoms with van der Waals surface area (Å²) in [5.74, 6) is 0. The Morgan fingerprint density at radius 2 is 1.13 bits per heavy atom. The van der Waals surface area contributed by atoms with E-state index in [0.717, 1.165) is 0 Å². The lowest BCUT2D eigenvalue weighted by molar-refractivity contribution is 0.667. The van der Waals surface area contributed by atoms with Crippen molar-refractivity contribution in [3.63, 3.8) is 0 Å². The average molecular weight is 385 g/mol. The van der Waals surface area contributed by atoms with E-state index >= 15 is 0 Å². The molecule has 0 saturated carbocycles. The Hall–Kier alpha value is -3.38. The van der Waals surface area contributed by atoms with Crippen LogP contribution in [0, 0.1) is 6.92 Å². The lowest BCUT2D eigenvalue weighted by Crippen LogP contribution is -2.15. The summed E-state index contributed by atoms with van der Waals surface area (Å²) in [5.41, 5.74) is 9.52. The molecule has 0 heteroatoms. The Bertz CT molecular complexity index is 1450. The highest BCUT2D eigenvalue weighted by Gasteiger charge is 2.38. The predicted molar refractivity (Wildman–Crippen MR) is 129 cm³/mol. The Morgan fingerprint density at radius 1 is 0.567 bits per heavy atom. The Kier molecular flexibility index (Phi) is 3.53. The maximum atomic E-state index is 2.42. The van der Waals surface area contributed by atoms with Gasteiger partial charge in [-0.3, -0.25) is 0 Å². The summed E-state index contributed by atoms with van der Waals surface area (Å²) in [5, 5.41) is 5.44. The van der Waals surface area contributed by atoms with Crippen LogP contribution in [0.5, 0.6) is 0 Å². The molecule has 0 aromatic heterocycles. The molecule has 5 aromatic carbocycles. The second kappa shape index (κ2) is 6.06. The van der Waals surface area contributed by atoms with Crippen molar-refractivity contribution in [3.05, 3.63) is 108 Å². The van der Waals surface area contributed by atoms with Crippen LogP contribution in [0.3, 0.4) is 0 Å². The van der Waals surface area contributed by atoms with Gasteiger partial charge in [-0.05, 0) is 67.9 Å². The molecule has 0 saturated heterocycles. The molecule has 0 bridgehead atoms. The van der Waals surface area contributed by atoms with E-state index < -0.39 is 0 Å². The molecule has 0 fully saturated rings. The molecule has 0 radical (unpaired) electrons. The largest absolute Gasteiger partial charge is 0.0616 e. The van der Waals surface area contributed by atoms with Crippen LogP contribution in [-0.4, -0.2) is 0 Å². The number of aryl methyl sites for hydroxylation is 1. The first kappa shape index (κ1) is 17.5. The third-order valence-electron chi connectivity index (χ3n) is 6.91. The van der Waals surface area contributed by atoms with Crippen LogP contribution in [0.4, 0.5) is 0 Å². The maximum absolute atomic E-state index is 2.42. The van der Waals surface area contributed by atoms with Gasteiger partial charge in [0.05, 0.1) is 0 Å². The van der Waals surface area contributed by atoms with Crippen molar-refractivity contribution in [1.29, 1.82) is 0 Å². The van der Waals surface area contributed by atoms with Crippen LogP contribution in [-0.2, 0) is 5.41 Å². The molecule has 0 amide bonds. The van der Waals surface area contributed by atoms with Gasteiger partial charge in [0.1, 0.15) is 0 Å². The molecule has 6 rings (SSSR count). The monoisotopic (exact) mass is 384 g/mol. The molecule has 144 valence electrons. The van der Waals surface area contributed by atoms with Gasteiger partial charge in [0.2, 0.25) is 0 Å². The first-order valence-corrected chi connectivity index (χ1v) is 10.7. The van der Waals surface area contributed by atoms with Crippen molar-refractivity contribution < 1.29 is 0 Å². The molecule has 30 heavy (non-hydrogen) atoms. The molecular formula is C30H24. The summed E-state index contributed by atoms with van der Waals surface area (Å²) >= 11 is 0. The van der Waals surface area contributed by atoms with Crippen molar-refractivity contribution in [1.82, 2.24) is 0 Å². The van der Waals surface area contributed by atoms with E-state index in [-0.39, 0.29) is 5.41 Å². The van der Waals surface area contributed by atoms with Crippen molar-refractivity contribution >= 4 is 21.5 Å². The minimum absolute atomic E-state index is 0.0466. The number of fused-ring (bicyclic) bond motifs is 8. The van der Waals surface area contributed by atoms with E-state index in [1.165, 1.54) is 60.5 Å². The fourth-order valence-corrected chi connectivity index (χ4v) is 5.41. The van der Waals surface area contributed by atoms with Crippen LogP contribution in [0.25, 0.3) is 43.8 Å².